The molecule has 1 fully saturated rings. The number of aromatic nitrogens is 2. The molecule has 0 bridgehead atoms. The Balaban J connectivity index is 1.48. The third-order valence-corrected chi connectivity index (χ3v) is 6.52. The van der Waals surface area contributed by atoms with Gasteiger partial charge in [-0.05, 0) is 43.5 Å². The van der Waals surface area contributed by atoms with Crippen molar-refractivity contribution in [1.82, 2.24) is 20.0 Å². The van der Waals surface area contributed by atoms with E-state index in [4.69, 9.17) is 9.84 Å². The SMILES string of the molecule is CC(NC(=O)C=Cc1cn(-c2ccccc2)nc1-c1cccs1)C(C)N1CCOCC1. The molecule has 2 unspecified atom stereocenters. The van der Waals surface area contributed by atoms with Gasteiger partial charge in [-0.2, -0.15) is 5.10 Å². The summed E-state index contributed by atoms with van der Waals surface area (Å²) in [6, 6.07) is 14.3. The number of para-hydroxylation sites is 1. The molecular weight excluding hydrogens is 408 g/mol. The molecule has 3 aromatic rings. The summed E-state index contributed by atoms with van der Waals surface area (Å²) in [6.07, 6.45) is 5.42. The number of nitrogens with zero attached hydrogens (tertiary/aromatic N) is 3. The van der Waals surface area contributed by atoms with Crippen molar-refractivity contribution in [3.8, 4) is 16.3 Å². The van der Waals surface area contributed by atoms with Crippen molar-refractivity contribution < 1.29 is 9.53 Å². The van der Waals surface area contributed by atoms with Crippen molar-refractivity contribution in [3.05, 3.63) is 65.7 Å². The standard InChI is InChI=1S/C24H28N4O2S/c1-18(19(2)27-12-14-30-15-13-27)25-23(29)11-10-20-17-28(21-7-4-3-5-8-21)26-24(20)22-9-6-16-31-22/h3-11,16-19H,12-15H2,1-2H3,(H,25,29). The van der Waals surface area contributed by atoms with E-state index in [1.54, 1.807) is 17.4 Å². The molecule has 4 rings (SSSR count). The fraction of sp³-hybridized carbons (Fsp3) is 0.333. The largest absolute Gasteiger partial charge is 0.379 e. The highest BCUT2D eigenvalue weighted by Crippen LogP contribution is 2.28. The number of benzene rings is 1. The number of hydrogen-bond donors (Lipinski definition) is 1. The highest BCUT2D eigenvalue weighted by Gasteiger charge is 2.22. The second-order valence-corrected chi connectivity index (χ2v) is 8.66. The molecule has 0 aliphatic carbocycles. The highest BCUT2D eigenvalue weighted by atomic mass is 32.1. The van der Waals surface area contributed by atoms with Crippen molar-refractivity contribution in [2.75, 3.05) is 26.3 Å². The van der Waals surface area contributed by atoms with E-state index >= 15 is 0 Å². The number of rotatable bonds is 7. The molecule has 1 aliphatic rings. The van der Waals surface area contributed by atoms with Gasteiger partial charge in [0.15, 0.2) is 0 Å². The third kappa shape index (κ3) is 5.31. The molecule has 1 amide bonds. The molecular formula is C24H28N4O2S. The van der Waals surface area contributed by atoms with Gasteiger partial charge in [-0.3, -0.25) is 9.69 Å². The zero-order chi connectivity index (χ0) is 21.6. The fourth-order valence-electron chi connectivity index (χ4n) is 3.69. The van der Waals surface area contributed by atoms with Gasteiger partial charge in [-0.15, -0.1) is 11.3 Å². The van der Waals surface area contributed by atoms with Crippen LogP contribution in [0.2, 0.25) is 0 Å². The molecule has 1 aliphatic heterocycles. The Morgan fingerprint density at radius 3 is 2.65 bits per heavy atom. The summed E-state index contributed by atoms with van der Waals surface area (Å²) in [5, 5.41) is 9.92. The van der Waals surface area contributed by atoms with Crippen molar-refractivity contribution in [2.45, 2.75) is 25.9 Å². The van der Waals surface area contributed by atoms with Crippen LogP contribution in [-0.2, 0) is 9.53 Å². The Hall–Kier alpha value is -2.74. The minimum absolute atomic E-state index is 0.0408. The number of thiophene rings is 1. The topological polar surface area (TPSA) is 59.4 Å². The van der Waals surface area contributed by atoms with E-state index in [1.807, 2.05) is 64.8 Å². The van der Waals surface area contributed by atoms with Crippen LogP contribution in [0.3, 0.4) is 0 Å². The zero-order valence-corrected chi connectivity index (χ0v) is 18.7. The molecule has 2 aromatic heterocycles. The number of morpholine rings is 1. The first kappa shape index (κ1) is 21.5. The minimum Gasteiger partial charge on any atom is -0.379 e. The summed E-state index contributed by atoms with van der Waals surface area (Å²) in [5.41, 5.74) is 2.77. The van der Waals surface area contributed by atoms with E-state index in [0.29, 0.717) is 0 Å². The van der Waals surface area contributed by atoms with Gasteiger partial charge in [0.25, 0.3) is 0 Å². The monoisotopic (exact) mass is 436 g/mol. The van der Waals surface area contributed by atoms with Gasteiger partial charge >= 0.3 is 0 Å². The number of carbonyl (C=O) groups is 1. The number of amides is 1. The highest BCUT2D eigenvalue weighted by molar-refractivity contribution is 7.13. The van der Waals surface area contributed by atoms with Crippen molar-refractivity contribution in [2.24, 2.45) is 0 Å². The first-order chi connectivity index (χ1) is 15.1. The molecule has 162 valence electrons. The molecule has 0 saturated carbocycles. The van der Waals surface area contributed by atoms with Crippen LogP contribution in [-0.4, -0.2) is 59.0 Å². The van der Waals surface area contributed by atoms with Gasteiger partial charge in [0.05, 0.1) is 23.8 Å². The predicted molar refractivity (Wildman–Crippen MR) is 125 cm³/mol. The quantitative estimate of drug-likeness (QED) is 0.572. The number of hydrogen-bond acceptors (Lipinski definition) is 5. The van der Waals surface area contributed by atoms with E-state index in [2.05, 4.69) is 24.1 Å². The van der Waals surface area contributed by atoms with Crippen molar-refractivity contribution >= 4 is 23.3 Å². The van der Waals surface area contributed by atoms with Crippen LogP contribution in [0.5, 0.6) is 0 Å². The Kier molecular flexibility index (Phi) is 6.96. The van der Waals surface area contributed by atoms with E-state index in [1.165, 1.54) is 0 Å². The fourth-order valence-corrected chi connectivity index (χ4v) is 4.42. The van der Waals surface area contributed by atoms with E-state index in [-0.39, 0.29) is 18.0 Å². The maximum Gasteiger partial charge on any atom is 0.244 e. The van der Waals surface area contributed by atoms with Crippen LogP contribution in [0.1, 0.15) is 19.4 Å². The lowest BCUT2D eigenvalue weighted by molar-refractivity contribution is -0.117. The molecule has 6 nitrogen and oxygen atoms in total. The molecule has 7 heteroatoms. The van der Waals surface area contributed by atoms with E-state index < -0.39 is 0 Å². The number of carbonyl (C=O) groups excluding carboxylic acids is 1. The van der Waals surface area contributed by atoms with E-state index in [0.717, 1.165) is 48.1 Å². The Bertz CT molecular complexity index is 1010. The Morgan fingerprint density at radius 1 is 1.16 bits per heavy atom. The Morgan fingerprint density at radius 2 is 1.94 bits per heavy atom. The van der Waals surface area contributed by atoms with Crippen molar-refractivity contribution in [1.29, 1.82) is 0 Å². The van der Waals surface area contributed by atoms with Crippen LogP contribution < -0.4 is 5.32 Å². The maximum absolute atomic E-state index is 12.6. The van der Waals surface area contributed by atoms with Gasteiger partial charge in [0, 0.05) is 43.0 Å². The summed E-state index contributed by atoms with van der Waals surface area (Å²) < 4.78 is 7.28. The third-order valence-electron chi connectivity index (χ3n) is 5.65. The van der Waals surface area contributed by atoms with Crippen LogP contribution in [0.4, 0.5) is 0 Å². The summed E-state index contributed by atoms with van der Waals surface area (Å²) in [7, 11) is 0. The van der Waals surface area contributed by atoms with Gasteiger partial charge in [-0.1, -0.05) is 24.3 Å². The lowest BCUT2D eigenvalue weighted by Gasteiger charge is -2.35. The lowest BCUT2D eigenvalue weighted by atomic mass is 10.1. The molecule has 31 heavy (non-hydrogen) atoms. The van der Waals surface area contributed by atoms with Crippen LogP contribution in [0, 0.1) is 0 Å². The van der Waals surface area contributed by atoms with Crippen LogP contribution in [0.15, 0.2) is 60.1 Å². The maximum atomic E-state index is 12.6. The second kappa shape index (κ2) is 10.0. The van der Waals surface area contributed by atoms with Gasteiger partial charge in [0.1, 0.15) is 5.69 Å². The van der Waals surface area contributed by atoms with Gasteiger partial charge < -0.3 is 10.1 Å². The summed E-state index contributed by atoms with van der Waals surface area (Å²) in [5.74, 6) is -0.0998. The normalized spacial score (nSPS) is 17.0. The number of ether oxygens (including phenoxy) is 1. The summed E-state index contributed by atoms with van der Waals surface area (Å²) >= 11 is 1.64. The first-order valence-electron chi connectivity index (χ1n) is 10.6. The van der Waals surface area contributed by atoms with Gasteiger partial charge in [0.2, 0.25) is 5.91 Å². The summed E-state index contributed by atoms with van der Waals surface area (Å²) in [4.78, 5) is 16.1. The zero-order valence-electron chi connectivity index (χ0n) is 17.9. The molecule has 0 radical (unpaired) electrons. The minimum atomic E-state index is -0.0998. The molecule has 2 atom stereocenters. The van der Waals surface area contributed by atoms with E-state index in [9.17, 15) is 4.79 Å². The smallest absolute Gasteiger partial charge is 0.244 e. The Labute approximate surface area is 187 Å². The van der Waals surface area contributed by atoms with Crippen LogP contribution >= 0.6 is 11.3 Å². The summed E-state index contributed by atoms with van der Waals surface area (Å²) in [6.45, 7) is 7.51. The average molecular weight is 437 g/mol. The number of nitrogens with one attached hydrogen (secondary N) is 1. The molecule has 0 spiro atoms. The van der Waals surface area contributed by atoms with Crippen molar-refractivity contribution in [3.63, 3.8) is 0 Å². The molecule has 3 heterocycles. The van der Waals surface area contributed by atoms with Gasteiger partial charge in [-0.25, -0.2) is 4.68 Å². The first-order valence-corrected chi connectivity index (χ1v) is 11.5. The lowest BCUT2D eigenvalue weighted by Crippen LogP contribution is -2.51. The van der Waals surface area contributed by atoms with Crippen LogP contribution in [0.25, 0.3) is 22.3 Å². The molecule has 1 saturated heterocycles. The average Bonchev–Trinajstić information content (AvgIpc) is 3.48. The predicted octanol–water partition coefficient (Wildman–Crippen LogP) is 3.84. The molecule has 1 N–H and O–H groups in total. The second-order valence-electron chi connectivity index (χ2n) is 7.71. The molecule has 1 aromatic carbocycles.